The summed E-state index contributed by atoms with van der Waals surface area (Å²) in [6.45, 7) is 0. The Balaban J connectivity index is 2.84. The zero-order valence-electron chi connectivity index (χ0n) is 8.79. The molecule has 0 saturated heterocycles. The van der Waals surface area contributed by atoms with Gasteiger partial charge in [-0.3, -0.25) is 10.1 Å². The van der Waals surface area contributed by atoms with Crippen LogP contribution in [0.5, 0.6) is 0 Å². The van der Waals surface area contributed by atoms with Crippen LogP contribution in [-0.4, -0.2) is 16.0 Å². The van der Waals surface area contributed by atoms with Crippen molar-refractivity contribution in [3.8, 4) is 11.3 Å². The van der Waals surface area contributed by atoms with Crippen LogP contribution in [0.25, 0.3) is 11.3 Å². The number of nitro benzene ring substituents is 1. The van der Waals surface area contributed by atoms with Crippen LogP contribution in [0.4, 0.5) is 10.1 Å². The van der Waals surface area contributed by atoms with E-state index >= 15 is 0 Å². The highest BCUT2D eigenvalue weighted by Gasteiger charge is 2.28. The average Bonchev–Trinajstić information content (AvgIpc) is 2.80. The molecule has 92 valence electrons. The number of rotatable bonds is 3. The fourth-order valence-corrected chi connectivity index (χ4v) is 1.60. The molecular formula is C11H6FNO5. The number of carboxylic acid groups (broad SMARTS) is 1. The molecule has 0 fully saturated rings. The normalized spacial score (nSPS) is 10.3. The maximum atomic E-state index is 13.5. The number of nitrogens with zero attached hydrogens (tertiary/aromatic N) is 1. The number of carbonyl (C=O) groups is 1. The van der Waals surface area contributed by atoms with E-state index in [1.165, 1.54) is 18.4 Å². The Morgan fingerprint density at radius 1 is 1.39 bits per heavy atom. The molecule has 2 aromatic rings. The minimum atomic E-state index is -1.59. The Labute approximate surface area is 99.4 Å². The summed E-state index contributed by atoms with van der Waals surface area (Å²) in [5.74, 6) is -2.72. The molecular weight excluding hydrogens is 245 g/mol. The highest BCUT2D eigenvalue weighted by Crippen LogP contribution is 2.35. The molecule has 0 unspecified atom stereocenters. The molecule has 0 saturated carbocycles. The van der Waals surface area contributed by atoms with E-state index in [1.54, 1.807) is 0 Å². The van der Waals surface area contributed by atoms with Crippen molar-refractivity contribution >= 4 is 11.7 Å². The van der Waals surface area contributed by atoms with Gasteiger partial charge in [-0.05, 0) is 18.2 Å². The first-order valence-corrected chi connectivity index (χ1v) is 4.76. The van der Waals surface area contributed by atoms with Crippen LogP contribution in [0.2, 0.25) is 0 Å². The number of nitro groups is 1. The molecule has 7 heteroatoms. The predicted molar refractivity (Wildman–Crippen MR) is 57.7 cm³/mol. The van der Waals surface area contributed by atoms with Crippen molar-refractivity contribution in [1.29, 1.82) is 0 Å². The summed E-state index contributed by atoms with van der Waals surface area (Å²) in [6.07, 6.45) is 1.22. The van der Waals surface area contributed by atoms with Crippen LogP contribution in [0, 0.1) is 15.9 Å². The van der Waals surface area contributed by atoms with Crippen LogP contribution in [0.15, 0.2) is 34.9 Å². The van der Waals surface area contributed by atoms with Gasteiger partial charge in [-0.15, -0.1) is 0 Å². The first-order chi connectivity index (χ1) is 8.52. The van der Waals surface area contributed by atoms with E-state index in [0.29, 0.717) is 0 Å². The summed E-state index contributed by atoms with van der Waals surface area (Å²) in [7, 11) is 0. The zero-order valence-corrected chi connectivity index (χ0v) is 8.79. The molecule has 0 bridgehead atoms. The van der Waals surface area contributed by atoms with E-state index in [9.17, 15) is 19.3 Å². The molecule has 0 atom stereocenters. The molecule has 1 N–H and O–H groups in total. The first kappa shape index (κ1) is 11.8. The Morgan fingerprint density at radius 3 is 2.61 bits per heavy atom. The number of halogens is 1. The van der Waals surface area contributed by atoms with E-state index < -0.39 is 28.0 Å². The van der Waals surface area contributed by atoms with Gasteiger partial charge in [-0.1, -0.05) is 0 Å². The third-order valence-electron chi connectivity index (χ3n) is 2.31. The zero-order chi connectivity index (χ0) is 13.3. The largest absolute Gasteiger partial charge is 0.478 e. The van der Waals surface area contributed by atoms with Crippen molar-refractivity contribution in [2.45, 2.75) is 0 Å². The summed E-state index contributed by atoms with van der Waals surface area (Å²) in [6, 6.07) is 4.40. The summed E-state index contributed by atoms with van der Waals surface area (Å²) in [5, 5.41) is 19.8. The van der Waals surface area contributed by atoms with Gasteiger partial charge in [0.2, 0.25) is 0 Å². The second kappa shape index (κ2) is 4.28. The lowest BCUT2D eigenvalue weighted by Gasteiger charge is -2.05. The Bertz CT molecular complexity index is 621. The van der Waals surface area contributed by atoms with Crippen LogP contribution >= 0.6 is 0 Å². The van der Waals surface area contributed by atoms with E-state index in [1.807, 2.05) is 0 Å². The van der Waals surface area contributed by atoms with E-state index in [2.05, 4.69) is 0 Å². The molecule has 1 heterocycles. The predicted octanol–water partition coefficient (Wildman–Crippen LogP) is 2.69. The highest BCUT2D eigenvalue weighted by molar-refractivity contribution is 5.98. The van der Waals surface area contributed by atoms with Crippen molar-refractivity contribution in [3.05, 3.63) is 52.0 Å². The Morgan fingerprint density at radius 2 is 2.11 bits per heavy atom. The van der Waals surface area contributed by atoms with Gasteiger partial charge in [0.1, 0.15) is 22.7 Å². The van der Waals surface area contributed by atoms with Gasteiger partial charge < -0.3 is 9.52 Å². The molecule has 2 rings (SSSR count). The molecule has 18 heavy (non-hydrogen) atoms. The number of carboxylic acids is 1. The monoisotopic (exact) mass is 251 g/mol. The standard InChI is InChI=1S/C11H6FNO5/c12-6-3-4-7(13(16)17)10(9(6)11(14)15)8-2-1-5-18-8/h1-5H,(H,14,15). The van der Waals surface area contributed by atoms with Gasteiger partial charge in [-0.2, -0.15) is 0 Å². The molecule has 1 aromatic heterocycles. The van der Waals surface area contributed by atoms with Crippen LogP contribution in [0.1, 0.15) is 10.4 Å². The second-order valence-corrected chi connectivity index (χ2v) is 3.36. The second-order valence-electron chi connectivity index (χ2n) is 3.36. The Kier molecular flexibility index (Phi) is 2.80. The minimum absolute atomic E-state index is 0.0707. The van der Waals surface area contributed by atoms with E-state index in [4.69, 9.17) is 9.52 Å². The van der Waals surface area contributed by atoms with Gasteiger partial charge in [0.05, 0.1) is 11.2 Å². The smallest absolute Gasteiger partial charge is 0.339 e. The summed E-state index contributed by atoms with van der Waals surface area (Å²) in [5.41, 5.74) is -1.68. The molecule has 0 amide bonds. The topological polar surface area (TPSA) is 93.6 Å². The lowest BCUT2D eigenvalue weighted by molar-refractivity contribution is -0.384. The maximum absolute atomic E-state index is 13.5. The summed E-state index contributed by atoms with van der Waals surface area (Å²) in [4.78, 5) is 21.1. The first-order valence-electron chi connectivity index (χ1n) is 4.76. The van der Waals surface area contributed by atoms with Gasteiger partial charge >= 0.3 is 5.97 Å². The quantitative estimate of drug-likeness (QED) is 0.668. The van der Waals surface area contributed by atoms with Crippen molar-refractivity contribution < 1.29 is 23.6 Å². The average molecular weight is 251 g/mol. The molecule has 6 nitrogen and oxygen atoms in total. The molecule has 1 aromatic carbocycles. The minimum Gasteiger partial charge on any atom is -0.478 e. The van der Waals surface area contributed by atoms with Crippen LogP contribution in [-0.2, 0) is 0 Å². The molecule has 0 aliphatic carbocycles. The fraction of sp³-hybridized carbons (Fsp3) is 0. The lowest BCUT2D eigenvalue weighted by Crippen LogP contribution is -2.06. The van der Waals surface area contributed by atoms with Gasteiger partial charge in [0.15, 0.2) is 0 Å². The molecule has 0 radical (unpaired) electrons. The molecule has 0 aliphatic heterocycles. The lowest BCUT2D eigenvalue weighted by atomic mass is 10.0. The van der Waals surface area contributed by atoms with Gasteiger partial charge in [-0.25, -0.2) is 9.18 Å². The number of benzene rings is 1. The third-order valence-corrected chi connectivity index (χ3v) is 2.31. The highest BCUT2D eigenvalue weighted by atomic mass is 19.1. The number of hydrogen-bond donors (Lipinski definition) is 1. The SMILES string of the molecule is O=C(O)c1c(F)ccc([N+](=O)[O-])c1-c1ccco1. The summed E-state index contributed by atoms with van der Waals surface area (Å²) < 4.78 is 18.4. The van der Waals surface area contributed by atoms with Crippen LogP contribution in [0.3, 0.4) is 0 Å². The maximum Gasteiger partial charge on any atom is 0.339 e. The van der Waals surface area contributed by atoms with Gasteiger partial charge in [0, 0.05) is 6.07 Å². The van der Waals surface area contributed by atoms with Crippen molar-refractivity contribution in [1.82, 2.24) is 0 Å². The van der Waals surface area contributed by atoms with Gasteiger partial charge in [0.25, 0.3) is 5.69 Å². The van der Waals surface area contributed by atoms with E-state index in [-0.39, 0.29) is 11.3 Å². The molecule has 0 aliphatic rings. The third kappa shape index (κ3) is 1.81. The van der Waals surface area contributed by atoms with Crippen molar-refractivity contribution in [2.75, 3.05) is 0 Å². The number of hydrogen-bond acceptors (Lipinski definition) is 4. The van der Waals surface area contributed by atoms with Crippen molar-refractivity contribution in [3.63, 3.8) is 0 Å². The number of furan rings is 1. The van der Waals surface area contributed by atoms with Crippen LogP contribution < -0.4 is 0 Å². The van der Waals surface area contributed by atoms with Crippen molar-refractivity contribution in [2.24, 2.45) is 0 Å². The Hall–Kier alpha value is -2.70. The number of aromatic carboxylic acids is 1. The molecule has 0 spiro atoms. The van der Waals surface area contributed by atoms with E-state index in [0.717, 1.165) is 12.1 Å². The fourth-order valence-electron chi connectivity index (χ4n) is 1.60. The summed E-state index contributed by atoms with van der Waals surface area (Å²) >= 11 is 0.